The average molecular weight is 338 g/mol. The maximum absolute atomic E-state index is 4.76. The molecule has 0 radical (unpaired) electrons. The van der Waals surface area contributed by atoms with Crippen LogP contribution in [-0.4, -0.2) is 41.1 Å². The van der Waals surface area contributed by atoms with E-state index in [1.807, 2.05) is 12.3 Å². The summed E-state index contributed by atoms with van der Waals surface area (Å²) in [5.41, 5.74) is 0. The zero-order valence-electron chi connectivity index (χ0n) is 14.9. The fourth-order valence-corrected chi connectivity index (χ4v) is 3.63. The van der Waals surface area contributed by atoms with Crippen molar-refractivity contribution in [3.63, 3.8) is 0 Å². The lowest BCUT2D eigenvalue weighted by Gasteiger charge is -2.27. The van der Waals surface area contributed by atoms with Crippen LogP contribution in [-0.2, 0) is 0 Å². The summed E-state index contributed by atoms with van der Waals surface area (Å²) in [5.74, 6) is 4.30. The Bertz CT molecular complexity index is 666. The maximum atomic E-state index is 4.76. The van der Waals surface area contributed by atoms with E-state index in [4.69, 9.17) is 9.97 Å². The molecule has 132 valence electrons. The number of anilines is 4. The zero-order chi connectivity index (χ0) is 17.1. The Hall–Kier alpha value is -2.37. The van der Waals surface area contributed by atoms with Gasteiger partial charge in [0.1, 0.15) is 17.5 Å². The Morgan fingerprint density at radius 3 is 2.56 bits per heavy atom. The fourth-order valence-electron chi connectivity index (χ4n) is 3.63. The van der Waals surface area contributed by atoms with Gasteiger partial charge < -0.3 is 15.1 Å². The topological polar surface area (TPSA) is 57.2 Å². The van der Waals surface area contributed by atoms with Crippen molar-refractivity contribution in [3.8, 4) is 0 Å². The Morgan fingerprint density at radius 2 is 1.76 bits per heavy atom. The van der Waals surface area contributed by atoms with Crippen LogP contribution in [0.2, 0.25) is 0 Å². The van der Waals surface area contributed by atoms with Gasteiger partial charge in [0, 0.05) is 26.2 Å². The quantitative estimate of drug-likeness (QED) is 0.921. The van der Waals surface area contributed by atoms with Gasteiger partial charge >= 0.3 is 0 Å². The summed E-state index contributed by atoms with van der Waals surface area (Å²) >= 11 is 0. The van der Waals surface area contributed by atoms with Crippen LogP contribution < -0.4 is 15.1 Å². The van der Waals surface area contributed by atoms with Gasteiger partial charge in [0.25, 0.3) is 0 Å². The number of nitrogens with one attached hydrogen (secondary N) is 1. The lowest BCUT2D eigenvalue weighted by Crippen LogP contribution is -2.30. The number of hydrogen-bond acceptors (Lipinski definition) is 6. The normalized spacial score (nSPS) is 20.8. The van der Waals surface area contributed by atoms with E-state index in [1.54, 1.807) is 6.20 Å². The van der Waals surface area contributed by atoms with Crippen molar-refractivity contribution >= 4 is 23.3 Å². The monoisotopic (exact) mass is 338 g/mol. The van der Waals surface area contributed by atoms with Crippen molar-refractivity contribution < 1.29 is 0 Å². The molecule has 6 heteroatoms. The molecule has 0 amide bonds. The minimum absolute atomic E-state index is 0.741. The van der Waals surface area contributed by atoms with Gasteiger partial charge in [-0.15, -0.1) is 0 Å². The van der Waals surface area contributed by atoms with E-state index < -0.39 is 0 Å². The molecule has 2 fully saturated rings. The molecule has 2 aromatic heterocycles. The first-order valence-corrected chi connectivity index (χ1v) is 9.34. The largest absolute Gasteiger partial charge is 0.356 e. The summed E-state index contributed by atoms with van der Waals surface area (Å²) in [7, 11) is 0. The summed E-state index contributed by atoms with van der Waals surface area (Å²) in [6, 6.07) is 6.12. The molecular weight excluding hydrogens is 312 g/mol. The number of pyridine rings is 1. The van der Waals surface area contributed by atoms with Crippen molar-refractivity contribution in [2.24, 2.45) is 5.92 Å². The molecule has 0 spiro atoms. The van der Waals surface area contributed by atoms with Gasteiger partial charge in [-0.2, -0.15) is 0 Å². The van der Waals surface area contributed by atoms with Gasteiger partial charge in [0.05, 0.1) is 12.4 Å². The first-order valence-electron chi connectivity index (χ1n) is 9.34. The highest BCUT2D eigenvalue weighted by atomic mass is 15.2. The molecule has 2 aliphatic heterocycles. The van der Waals surface area contributed by atoms with Crippen LogP contribution in [0.5, 0.6) is 0 Å². The Balaban J connectivity index is 1.48. The van der Waals surface area contributed by atoms with Crippen LogP contribution in [0.1, 0.15) is 32.6 Å². The fraction of sp³-hybridized carbons (Fsp3) is 0.526. The molecule has 0 aliphatic carbocycles. The minimum Gasteiger partial charge on any atom is -0.356 e. The smallest absolute Gasteiger partial charge is 0.152 e. The van der Waals surface area contributed by atoms with Gasteiger partial charge in [0.15, 0.2) is 5.82 Å². The van der Waals surface area contributed by atoms with E-state index in [9.17, 15) is 0 Å². The number of rotatable bonds is 4. The van der Waals surface area contributed by atoms with E-state index in [1.165, 1.54) is 25.7 Å². The van der Waals surface area contributed by atoms with Crippen LogP contribution in [0.4, 0.5) is 23.3 Å². The molecule has 1 N–H and O–H groups in total. The van der Waals surface area contributed by atoms with Gasteiger partial charge in [0.2, 0.25) is 0 Å². The molecular formula is C19H26N6. The first-order chi connectivity index (χ1) is 12.3. The third-order valence-corrected chi connectivity index (χ3v) is 5.04. The first kappa shape index (κ1) is 16.1. The van der Waals surface area contributed by atoms with Crippen molar-refractivity contribution in [1.82, 2.24) is 15.0 Å². The van der Waals surface area contributed by atoms with Gasteiger partial charge in [-0.25, -0.2) is 9.97 Å². The molecule has 0 saturated carbocycles. The Morgan fingerprint density at radius 1 is 0.920 bits per heavy atom. The van der Waals surface area contributed by atoms with Crippen LogP contribution in [0.25, 0.3) is 0 Å². The van der Waals surface area contributed by atoms with Crippen LogP contribution >= 0.6 is 0 Å². The summed E-state index contributed by atoms with van der Waals surface area (Å²) < 4.78 is 0. The summed E-state index contributed by atoms with van der Waals surface area (Å²) in [4.78, 5) is 18.5. The molecule has 2 aromatic rings. The lowest BCUT2D eigenvalue weighted by atomic mass is 10.1. The van der Waals surface area contributed by atoms with Gasteiger partial charge in [-0.1, -0.05) is 13.0 Å². The third-order valence-electron chi connectivity index (χ3n) is 5.04. The van der Waals surface area contributed by atoms with E-state index in [0.29, 0.717) is 0 Å². The van der Waals surface area contributed by atoms with Crippen molar-refractivity contribution in [2.75, 3.05) is 41.3 Å². The van der Waals surface area contributed by atoms with E-state index >= 15 is 0 Å². The lowest BCUT2D eigenvalue weighted by molar-refractivity contribution is 0.573. The molecule has 2 saturated heterocycles. The SMILES string of the molecule is CC1CCN(c2cccc(Nc3cncc(N4CCCCC4)n3)n2)C1. The zero-order valence-corrected chi connectivity index (χ0v) is 14.9. The molecule has 1 atom stereocenters. The Labute approximate surface area is 149 Å². The van der Waals surface area contributed by atoms with Gasteiger partial charge in [-0.05, 0) is 43.7 Å². The summed E-state index contributed by atoms with van der Waals surface area (Å²) in [6.45, 7) is 6.60. The van der Waals surface area contributed by atoms with Crippen LogP contribution in [0, 0.1) is 5.92 Å². The van der Waals surface area contributed by atoms with E-state index in [0.717, 1.165) is 55.4 Å². The summed E-state index contributed by atoms with van der Waals surface area (Å²) in [6.07, 6.45) is 8.64. The van der Waals surface area contributed by atoms with E-state index in [2.05, 4.69) is 39.2 Å². The highest BCUT2D eigenvalue weighted by Crippen LogP contribution is 2.24. The highest BCUT2D eigenvalue weighted by molar-refractivity contribution is 5.56. The molecule has 0 bridgehead atoms. The van der Waals surface area contributed by atoms with Crippen molar-refractivity contribution in [1.29, 1.82) is 0 Å². The molecule has 4 heterocycles. The number of nitrogens with zero attached hydrogens (tertiary/aromatic N) is 5. The Kier molecular flexibility index (Phi) is 4.68. The molecule has 0 aromatic carbocycles. The maximum Gasteiger partial charge on any atom is 0.152 e. The van der Waals surface area contributed by atoms with E-state index in [-0.39, 0.29) is 0 Å². The predicted octanol–water partition coefficient (Wildman–Crippen LogP) is 3.45. The second kappa shape index (κ2) is 7.25. The molecule has 1 unspecified atom stereocenters. The van der Waals surface area contributed by atoms with Crippen molar-refractivity contribution in [2.45, 2.75) is 32.6 Å². The van der Waals surface area contributed by atoms with Crippen molar-refractivity contribution in [3.05, 3.63) is 30.6 Å². The van der Waals surface area contributed by atoms with Gasteiger partial charge in [-0.3, -0.25) is 4.98 Å². The van der Waals surface area contributed by atoms with Crippen LogP contribution in [0.15, 0.2) is 30.6 Å². The number of aromatic nitrogens is 3. The standard InChI is InChI=1S/C19H26N6/c1-15-8-11-25(14-15)18-7-5-6-16(22-18)21-17-12-20-13-19(23-17)24-9-3-2-4-10-24/h5-7,12-13,15H,2-4,8-11,14H2,1H3,(H,21,22,23). The van der Waals surface area contributed by atoms with Crippen LogP contribution in [0.3, 0.4) is 0 Å². The highest BCUT2D eigenvalue weighted by Gasteiger charge is 2.20. The second-order valence-electron chi connectivity index (χ2n) is 7.16. The second-order valence-corrected chi connectivity index (χ2v) is 7.16. The number of hydrogen-bond donors (Lipinski definition) is 1. The predicted molar refractivity (Wildman–Crippen MR) is 102 cm³/mol. The molecule has 25 heavy (non-hydrogen) atoms. The molecule has 4 rings (SSSR count). The third kappa shape index (κ3) is 3.83. The average Bonchev–Trinajstić information content (AvgIpc) is 3.09. The number of piperidine rings is 1. The molecule has 6 nitrogen and oxygen atoms in total. The minimum atomic E-state index is 0.741. The molecule has 2 aliphatic rings. The summed E-state index contributed by atoms with van der Waals surface area (Å²) in [5, 5.41) is 3.32.